The largest absolute Gasteiger partial charge is 0.352 e. The molecule has 1 aromatic carbocycles. The minimum absolute atomic E-state index is 0. The number of pyridine rings is 1. The van der Waals surface area contributed by atoms with Gasteiger partial charge in [0.25, 0.3) is 0 Å². The van der Waals surface area contributed by atoms with Gasteiger partial charge in [-0.05, 0) is 49.3 Å². The van der Waals surface area contributed by atoms with Gasteiger partial charge in [0, 0.05) is 45.3 Å². The van der Waals surface area contributed by atoms with Gasteiger partial charge in [-0.1, -0.05) is 36.4 Å². The van der Waals surface area contributed by atoms with Crippen LogP contribution in [0.1, 0.15) is 29.8 Å². The molecule has 0 bridgehead atoms. The summed E-state index contributed by atoms with van der Waals surface area (Å²) in [4.78, 5) is 15.7. The van der Waals surface area contributed by atoms with Crippen LogP contribution in [0.25, 0.3) is 5.82 Å². The molecule has 31 heavy (non-hydrogen) atoms. The topological polar surface area (TPSA) is 58.3 Å². The summed E-state index contributed by atoms with van der Waals surface area (Å²) in [5.41, 5.74) is 2.58. The predicted molar refractivity (Wildman–Crippen MR) is 136 cm³/mol. The number of imidazole rings is 1. The van der Waals surface area contributed by atoms with Crippen LogP contribution < -0.4 is 5.32 Å². The first-order valence-electron chi connectivity index (χ1n) is 10.7. The van der Waals surface area contributed by atoms with E-state index in [9.17, 15) is 0 Å². The molecule has 1 aliphatic heterocycles. The summed E-state index contributed by atoms with van der Waals surface area (Å²) in [5, 5.41) is 3.50. The number of aliphatic imine (C=N–C) groups is 1. The quantitative estimate of drug-likeness (QED) is 0.305. The van der Waals surface area contributed by atoms with Crippen molar-refractivity contribution in [3.63, 3.8) is 0 Å². The Hall–Kier alpha value is -2.42. The minimum atomic E-state index is 0. The highest BCUT2D eigenvalue weighted by Gasteiger charge is 2.21. The van der Waals surface area contributed by atoms with Crippen LogP contribution in [-0.4, -0.2) is 45.5 Å². The lowest BCUT2D eigenvalue weighted by molar-refractivity contribution is 0.259. The molecule has 4 rings (SSSR count). The average molecular weight is 530 g/mol. The molecule has 7 heteroatoms. The average Bonchev–Trinajstić information content (AvgIpc) is 3.22. The molecule has 2 aromatic heterocycles. The van der Waals surface area contributed by atoms with Crippen molar-refractivity contribution >= 4 is 29.9 Å². The smallest absolute Gasteiger partial charge is 0.193 e. The maximum Gasteiger partial charge on any atom is 0.193 e. The molecule has 0 aliphatic carbocycles. The zero-order valence-corrected chi connectivity index (χ0v) is 20.6. The fourth-order valence-electron chi connectivity index (χ4n) is 4.09. The second-order valence-electron chi connectivity index (χ2n) is 7.89. The van der Waals surface area contributed by atoms with Crippen LogP contribution >= 0.6 is 24.0 Å². The number of benzene rings is 1. The van der Waals surface area contributed by atoms with E-state index in [1.165, 1.54) is 24.8 Å². The fourth-order valence-corrected chi connectivity index (χ4v) is 4.09. The normalized spacial score (nSPS) is 14.9. The number of halogens is 1. The van der Waals surface area contributed by atoms with E-state index in [4.69, 9.17) is 0 Å². The Morgan fingerprint density at radius 2 is 1.84 bits per heavy atom. The summed E-state index contributed by atoms with van der Waals surface area (Å²) < 4.78 is 1.98. The van der Waals surface area contributed by atoms with Crippen LogP contribution in [-0.2, 0) is 13.0 Å². The van der Waals surface area contributed by atoms with Crippen LogP contribution in [0.15, 0.2) is 66.0 Å². The number of hydrogen-bond acceptors (Lipinski definition) is 3. The second-order valence-corrected chi connectivity index (χ2v) is 7.89. The maximum absolute atomic E-state index is 4.58. The lowest BCUT2D eigenvalue weighted by Crippen LogP contribution is -2.45. The first-order valence-corrected chi connectivity index (χ1v) is 10.7. The van der Waals surface area contributed by atoms with Crippen molar-refractivity contribution in [3.8, 4) is 5.82 Å². The van der Waals surface area contributed by atoms with E-state index in [-0.39, 0.29) is 24.0 Å². The van der Waals surface area contributed by atoms with E-state index in [2.05, 4.69) is 61.6 Å². The predicted octanol–water partition coefficient (Wildman–Crippen LogP) is 4.22. The molecule has 0 unspecified atom stereocenters. The fraction of sp³-hybridized carbons (Fsp3) is 0.375. The molecule has 1 aliphatic rings. The van der Waals surface area contributed by atoms with Gasteiger partial charge >= 0.3 is 0 Å². The zero-order valence-electron chi connectivity index (χ0n) is 18.2. The van der Waals surface area contributed by atoms with E-state index in [0.717, 1.165) is 42.2 Å². The number of guanidine groups is 1. The van der Waals surface area contributed by atoms with Gasteiger partial charge in [-0.25, -0.2) is 9.97 Å². The van der Waals surface area contributed by atoms with Crippen molar-refractivity contribution in [3.05, 3.63) is 78.0 Å². The van der Waals surface area contributed by atoms with E-state index < -0.39 is 0 Å². The molecule has 0 amide bonds. The highest BCUT2D eigenvalue weighted by atomic mass is 127. The van der Waals surface area contributed by atoms with Crippen molar-refractivity contribution in [1.29, 1.82) is 0 Å². The van der Waals surface area contributed by atoms with Crippen LogP contribution in [0.2, 0.25) is 0 Å². The molecule has 3 heterocycles. The molecule has 0 saturated carbocycles. The Labute approximate surface area is 201 Å². The molecular formula is C24H31IN6. The number of nitrogens with zero attached hydrogens (tertiary/aromatic N) is 5. The Morgan fingerprint density at radius 1 is 1.06 bits per heavy atom. The molecule has 0 spiro atoms. The van der Waals surface area contributed by atoms with Crippen molar-refractivity contribution < 1.29 is 0 Å². The lowest BCUT2D eigenvalue weighted by Gasteiger charge is -2.34. The van der Waals surface area contributed by atoms with Gasteiger partial charge in [-0.3, -0.25) is 9.56 Å². The third-order valence-corrected chi connectivity index (χ3v) is 5.83. The van der Waals surface area contributed by atoms with Crippen LogP contribution in [0.4, 0.5) is 0 Å². The summed E-state index contributed by atoms with van der Waals surface area (Å²) in [7, 11) is 1.86. The van der Waals surface area contributed by atoms with Gasteiger partial charge in [0.05, 0.1) is 0 Å². The maximum atomic E-state index is 4.58. The van der Waals surface area contributed by atoms with Gasteiger partial charge < -0.3 is 10.2 Å². The lowest BCUT2D eigenvalue weighted by atomic mass is 9.90. The number of aromatic nitrogens is 3. The van der Waals surface area contributed by atoms with Gasteiger partial charge in [0.1, 0.15) is 11.6 Å². The number of nitrogens with one attached hydrogen (secondary N) is 1. The van der Waals surface area contributed by atoms with Gasteiger partial charge in [-0.15, -0.1) is 24.0 Å². The minimum Gasteiger partial charge on any atom is -0.352 e. The highest BCUT2D eigenvalue weighted by Crippen LogP contribution is 2.21. The molecule has 3 aromatic rings. The molecule has 0 radical (unpaired) electrons. The number of likely N-dealkylation sites (tertiary alicyclic amines) is 1. The Balaban J connectivity index is 0.00000272. The Bertz CT molecular complexity index is 959. The van der Waals surface area contributed by atoms with Crippen LogP contribution in [0.5, 0.6) is 0 Å². The molecule has 0 atom stereocenters. The number of piperidine rings is 1. The van der Waals surface area contributed by atoms with Crippen molar-refractivity contribution in [2.24, 2.45) is 10.9 Å². The number of hydrogen-bond donors (Lipinski definition) is 1. The van der Waals surface area contributed by atoms with E-state index in [1.807, 2.05) is 37.0 Å². The summed E-state index contributed by atoms with van der Waals surface area (Å²) >= 11 is 0. The molecule has 1 N–H and O–H groups in total. The Kier molecular flexibility index (Phi) is 8.45. The molecule has 1 saturated heterocycles. The van der Waals surface area contributed by atoms with Crippen molar-refractivity contribution in [2.45, 2.75) is 32.7 Å². The highest BCUT2D eigenvalue weighted by molar-refractivity contribution is 14.0. The summed E-state index contributed by atoms with van der Waals surface area (Å²) in [6, 6.07) is 15.0. The summed E-state index contributed by atoms with van der Waals surface area (Å²) in [6.45, 7) is 4.79. The van der Waals surface area contributed by atoms with Gasteiger partial charge in [0.2, 0.25) is 0 Å². The summed E-state index contributed by atoms with van der Waals surface area (Å²) in [5.74, 6) is 3.55. The number of aryl methyl sites for hydroxylation is 1. The third-order valence-electron chi connectivity index (χ3n) is 5.83. The van der Waals surface area contributed by atoms with E-state index >= 15 is 0 Å². The third kappa shape index (κ3) is 6.06. The first-order chi connectivity index (χ1) is 14.7. The molecular weight excluding hydrogens is 499 g/mol. The van der Waals surface area contributed by atoms with E-state index in [1.54, 1.807) is 6.20 Å². The van der Waals surface area contributed by atoms with Gasteiger partial charge in [0.15, 0.2) is 5.96 Å². The van der Waals surface area contributed by atoms with Crippen molar-refractivity contribution in [2.75, 3.05) is 20.1 Å². The molecule has 6 nitrogen and oxygen atoms in total. The van der Waals surface area contributed by atoms with E-state index in [0.29, 0.717) is 6.54 Å². The summed E-state index contributed by atoms with van der Waals surface area (Å²) in [6.07, 6.45) is 9.22. The Morgan fingerprint density at radius 3 is 2.45 bits per heavy atom. The van der Waals surface area contributed by atoms with Crippen LogP contribution in [0, 0.1) is 12.8 Å². The SMILES string of the molecule is CN=C(NCc1ccc(-n2ccnc2C)nc1)N1CCC(Cc2ccccc2)CC1.I. The van der Waals surface area contributed by atoms with Crippen molar-refractivity contribution in [1.82, 2.24) is 24.8 Å². The standard InChI is InChI=1S/C24H30N6.HI/c1-19-26-12-15-30(19)23-9-8-22(17-27-23)18-28-24(25-2)29-13-10-21(11-14-29)16-20-6-4-3-5-7-20;/h3-9,12,15,17,21H,10-11,13-14,16,18H2,1-2H3,(H,25,28);1H. The number of rotatable bonds is 5. The molecule has 164 valence electrons. The monoisotopic (exact) mass is 530 g/mol. The first kappa shape index (κ1) is 23.2. The second kappa shape index (κ2) is 11.3. The van der Waals surface area contributed by atoms with Gasteiger partial charge in [-0.2, -0.15) is 0 Å². The molecule has 1 fully saturated rings. The van der Waals surface area contributed by atoms with Crippen LogP contribution in [0.3, 0.4) is 0 Å². The zero-order chi connectivity index (χ0) is 20.8.